The Kier molecular flexibility index (Phi) is 9.13. The van der Waals surface area contributed by atoms with Gasteiger partial charge in [-0.15, -0.1) is 0 Å². The summed E-state index contributed by atoms with van der Waals surface area (Å²) in [6.07, 6.45) is 3.70. The quantitative estimate of drug-likeness (QED) is 0.382. The minimum absolute atomic E-state index is 0.712. The molecule has 6 heteroatoms. The molecule has 2 rings (SSSR count). The second-order valence-corrected chi connectivity index (χ2v) is 6.57. The fourth-order valence-corrected chi connectivity index (χ4v) is 2.54. The average Bonchev–Trinajstić information content (AvgIpc) is 2.69. The molecule has 1 aromatic heterocycles. The van der Waals surface area contributed by atoms with E-state index >= 15 is 0 Å². The third-order valence-corrected chi connectivity index (χ3v) is 4.03. The molecule has 0 saturated carbocycles. The summed E-state index contributed by atoms with van der Waals surface area (Å²) in [5, 5.41) is 6.64. The number of rotatable bonds is 10. The third kappa shape index (κ3) is 8.55. The van der Waals surface area contributed by atoms with Crippen molar-refractivity contribution in [2.24, 2.45) is 4.99 Å². The maximum atomic E-state index is 5.76. The van der Waals surface area contributed by atoms with Gasteiger partial charge in [0.1, 0.15) is 5.75 Å². The largest absolute Gasteiger partial charge is 0.494 e. The van der Waals surface area contributed by atoms with E-state index in [1.165, 1.54) is 5.56 Å². The van der Waals surface area contributed by atoms with Gasteiger partial charge in [-0.3, -0.25) is 9.98 Å². The lowest BCUT2D eigenvalue weighted by molar-refractivity contribution is 0.281. The zero-order valence-electron chi connectivity index (χ0n) is 16.6. The van der Waals surface area contributed by atoms with E-state index in [2.05, 4.69) is 51.7 Å². The first kappa shape index (κ1) is 20.7. The molecule has 6 nitrogen and oxygen atoms in total. The van der Waals surface area contributed by atoms with Crippen molar-refractivity contribution in [3.63, 3.8) is 0 Å². The summed E-state index contributed by atoms with van der Waals surface area (Å²) in [4.78, 5) is 10.7. The van der Waals surface area contributed by atoms with Crippen molar-refractivity contribution in [1.82, 2.24) is 20.5 Å². The van der Waals surface area contributed by atoms with Gasteiger partial charge in [0.25, 0.3) is 0 Å². The minimum Gasteiger partial charge on any atom is -0.494 e. The van der Waals surface area contributed by atoms with Crippen LogP contribution < -0.4 is 15.4 Å². The lowest BCUT2D eigenvalue weighted by Crippen LogP contribution is -2.37. The molecule has 0 aliphatic carbocycles. The van der Waals surface area contributed by atoms with Crippen molar-refractivity contribution in [2.75, 3.05) is 40.8 Å². The highest BCUT2D eigenvalue weighted by Gasteiger charge is 2.00. The SMILES string of the molecule is CN=C(NCCc1ccccn1)NCc1ccc(OCCCN(C)C)cc1. The van der Waals surface area contributed by atoms with Crippen LogP contribution in [0.4, 0.5) is 0 Å². The first-order valence-electron chi connectivity index (χ1n) is 9.38. The highest BCUT2D eigenvalue weighted by Crippen LogP contribution is 2.12. The Morgan fingerprint density at radius 2 is 1.93 bits per heavy atom. The van der Waals surface area contributed by atoms with Crippen molar-refractivity contribution in [3.8, 4) is 5.75 Å². The fraction of sp³-hybridized carbons (Fsp3) is 0.429. The van der Waals surface area contributed by atoms with Gasteiger partial charge in [-0.1, -0.05) is 18.2 Å². The van der Waals surface area contributed by atoms with Gasteiger partial charge in [-0.05, 0) is 50.3 Å². The molecule has 0 aliphatic heterocycles. The van der Waals surface area contributed by atoms with E-state index in [0.29, 0.717) is 6.54 Å². The van der Waals surface area contributed by atoms with Crippen molar-refractivity contribution >= 4 is 5.96 Å². The van der Waals surface area contributed by atoms with Crippen molar-refractivity contribution in [2.45, 2.75) is 19.4 Å². The summed E-state index contributed by atoms with van der Waals surface area (Å²) < 4.78 is 5.76. The maximum Gasteiger partial charge on any atom is 0.191 e. The van der Waals surface area contributed by atoms with Gasteiger partial charge in [0.2, 0.25) is 0 Å². The molecule has 0 fully saturated rings. The summed E-state index contributed by atoms with van der Waals surface area (Å²) in [5.41, 5.74) is 2.25. The Balaban J connectivity index is 1.68. The summed E-state index contributed by atoms with van der Waals surface area (Å²) in [6.45, 7) is 3.28. The maximum absolute atomic E-state index is 5.76. The molecule has 0 bridgehead atoms. The highest BCUT2D eigenvalue weighted by atomic mass is 16.5. The molecule has 2 N–H and O–H groups in total. The zero-order valence-corrected chi connectivity index (χ0v) is 16.6. The van der Waals surface area contributed by atoms with Crippen LogP contribution in [-0.2, 0) is 13.0 Å². The van der Waals surface area contributed by atoms with Crippen LogP contribution in [0.15, 0.2) is 53.7 Å². The Labute approximate surface area is 162 Å². The fourth-order valence-electron chi connectivity index (χ4n) is 2.54. The molecular formula is C21H31N5O. The summed E-state index contributed by atoms with van der Waals surface area (Å²) >= 11 is 0. The van der Waals surface area contributed by atoms with E-state index in [4.69, 9.17) is 4.74 Å². The molecular weight excluding hydrogens is 338 g/mol. The average molecular weight is 370 g/mol. The first-order chi connectivity index (χ1) is 13.2. The molecule has 0 amide bonds. The molecule has 146 valence electrons. The third-order valence-electron chi connectivity index (χ3n) is 4.03. The Morgan fingerprint density at radius 1 is 1.11 bits per heavy atom. The van der Waals surface area contributed by atoms with Crippen LogP contribution in [0.2, 0.25) is 0 Å². The van der Waals surface area contributed by atoms with E-state index in [9.17, 15) is 0 Å². The molecule has 0 radical (unpaired) electrons. The molecule has 0 atom stereocenters. The van der Waals surface area contributed by atoms with Gasteiger partial charge < -0.3 is 20.3 Å². The van der Waals surface area contributed by atoms with Crippen LogP contribution in [0.25, 0.3) is 0 Å². The van der Waals surface area contributed by atoms with E-state index in [1.807, 2.05) is 36.5 Å². The van der Waals surface area contributed by atoms with Gasteiger partial charge >= 0.3 is 0 Å². The number of ether oxygens (including phenoxy) is 1. The van der Waals surface area contributed by atoms with Gasteiger partial charge in [-0.25, -0.2) is 0 Å². The standard InChI is InChI=1S/C21H31N5O/c1-22-21(24-14-12-19-7-4-5-13-23-19)25-17-18-8-10-20(11-9-18)27-16-6-15-26(2)3/h4-5,7-11,13H,6,12,14-17H2,1-3H3,(H2,22,24,25). The second-order valence-electron chi connectivity index (χ2n) is 6.57. The number of nitrogens with one attached hydrogen (secondary N) is 2. The predicted molar refractivity (Wildman–Crippen MR) is 111 cm³/mol. The topological polar surface area (TPSA) is 61.8 Å². The lowest BCUT2D eigenvalue weighted by atomic mass is 10.2. The first-order valence-corrected chi connectivity index (χ1v) is 9.38. The van der Waals surface area contributed by atoms with Crippen molar-refractivity contribution in [1.29, 1.82) is 0 Å². The molecule has 2 aromatic rings. The normalized spacial score (nSPS) is 11.5. The Bertz CT molecular complexity index is 671. The van der Waals surface area contributed by atoms with E-state index in [-0.39, 0.29) is 0 Å². The van der Waals surface area contributed by atoms with E-state index in [0.717, 1.165) is 49.9 Å². The molecule has 0 aliphatic rings. The van der Waals surface area contributed by atoms with Crippen molar-refractivity contribution < 1.29 is 4.74 Å². The summed E-state index contributed by atoms with van der Waals surface area (Å²) in [6, 6.07) is 14.2. The smallest absolute Gasteiger partial charge is 0.191 e. The van der Waals surface area contributed by atoms with Gasteiger partial charge in [0, 0.05) is 45.0 Å². The van der Waals surface area contributed by atoms with E-state index < -0.39 is 0 Å². The monoisotopic (exact) mass is 369 g/mol. The number of nitrogens with zero attached hydrogens (tertiary/aromatic N) is 3. The number of pyridine rings is 1. The van der Waals surface area contributed by atoms with Gasteiger partial charge in [0.15, 0.2) is 5.96 Å². The second kappa shape index (κ2) is 11.9. The van der Waals surface area contributed by atoms with E-state index in [1.54, 1.807) is 7.05 Å². The van der Waals surface area contributed by atoms with Gasteiger partial charge in [-0.2, -0.15) is 0 Å². The Morgan fingerprint density at radius 3 is 2.59 bits per heavy atom. The predicted octanol–water partition coefficient (Wildman–Crippen LogP) is 2.32. The molecule has 1 aromatic carbocycles. The number of guanidine groups is 1. The van der Waals surface area contributed by atoms with Crippen LogP contribution in [-0.4, -0.2) is 56.7 Å². The number of aromatic nitrogens is 1. The molecule has 0 saturated heterocycles. The highest BCUT2D eigenvalue weighted by molar-refractivity contribution is 5.79. The molecule has 0 unspecified atom stereocenters. The van der Waals surface area contributed by atoms with Crippen LogP contribution in [0.1, 0.15) is 17.7 Å². The van der Waals surface area contributed by atoms with Crippen LogP contribution in [0.3, 0.4) is 0 Å². The number of aliphatic imine (C=N–C) groups is 1. The number of benzene rings is 1. The van der Waals surface area contributed by atoms with Gasteiger partial charge in [0.05, 0.1) is 6.61 Å². The summed E-state index contributed by atoms with van der Waals surface area (Å²) in [5.74, 6) is 1.70. The summed E-state index contributed by atoms with van der Waals surface area (Å²) in [7, 11) is 5.92. The lowest BCUT2D eigenvalue weighted by Gasteiger charge is -2.13. The zero-order chi connectivity index (χ0) is 19.3. The Hall–Kier alpha value is -2.60. The van der Waals surface area contributed by atoms with Crippen LogP contribution in [0, 0.1) is 0 Å². The number of hydrogen-bond donors (Lipinski definition) is 2. The molecule has 27 heavy (non-hydrogen) atoms. The minimum atomic E-state index is 0.712. The number of hydrogen-bond acceptors (Lipinski definition) is 4. The van der Waals surface area contributed by atoms with Crippen LogP contribution in [0.5, 0.6) is 5.75 Å². The van der Waals surface area contributed by atoms with Crippen LogP contribution >= 0.6 is 0 Å². The molecule has 1 heterocycles. The molecule has 0 spiro atoms. The van der Waals surface area contributed by atoms with Crippen molar-refractivity contribution in [3.05, 3.63) is 59.9 Å².